The number of methoxy groups -OCH3 is 1. The summed E-state index contributed by atoms with van der Waals surface area (Å²) in [5, 5.41) is -0.491. The van der Waals surface area contributed by atoms with Crippen LogP contribution >= 0.6 is 11.6 Å². The second kappa shape index (κ2) is 11.6. The summed E-state index contributed by atoms with van der Waals surface area (Å²) in [7, 11) is 1.34. The Hall–Kier alpha value is -2.39. The number of alkyl halides is 3. The number of halogens is 4. The molecule has 35 heavy (non-hydrogen) atoms. The summed E-state index contributed by atoms with van der Waals surface area (Å²) in [6.07, 6.45) is -1.90. The first-order chi connectivity index (χ1) is 16.6. The second-order valence-corrected chi connectivity index (χ2v) is 9.07. The molecular weight excluding hydrogens is 487 g/mol. The average molecular weight is 516 g/mol. The van der Waals surface area contributed by atoms with Crippen molar-refractivity contribution in [1.82, 2.24) is 0 Å². The number of benzene rings is 1. The Morgan fingerprint density at radius 3 is 2.57 bits per heavy atom. The quantitative estimate of drug-likeness (QED) is 0.250. The number of anilines is 1. The summed E-state index contributed by atoms with van der Waals surface area (Å²) < 4.78 is 52.3. The predicted molar refractivity (Wildman–Crippen MR) is 124 cm³/mol. The van der Waals surface area contributed by atoms with Crippen LogP contribution in [0.5, 0.6) is 0 Å². The first-order valence-corrected chi connectivity index (χ1v) is 12.1. The van der Waals surface area contributed by atoms with Gasteiger partial charge in [0.1, 0.15) is 11.3 Å². The molecule has 0 saturated carbocycles. The molecule has 1 aromatic carbocycles. The summed E-state index contributed by atoms with van der Waals surface area (Å²) in [5.41, 5.74) is -2.11. The molecule has 0 bridgehead atoms. The highest BCUT2D eigenvalue weighted by Gasteiger charge is 2.40. The highest BCUT2D eigenvalue weighted by molar-refractivity contribution is 6.40. The number of hydrogen-bond acceptors (Lipinski definition) is 5. The molecule has 0 N–H and O–H groups in total. The molecule has 1 aliphatic carbocycles. The van der Waals surface area contributed by atoms with E-state index in [2.05, 4.69) is 0 Å². The van der Waals surface area contributed by atoms with Crippen LogP contribution in [0.2, 0.25) is 5.02 Å². The molecule has 3 rings (SSSR count). The lowest BCUT2D eigenvalue weighted by atomic mass is 9.82. The number of allylic oxidation sites excluding steroid dienone is 2. The van der Waals surface area contributed by atoms with E-state index in [0.29, 0.717) is 45.3 Å². The zero-order chi connectivity index (χ0) is 25.8. The number of ether oxygens (including phenoxy) is 2. The summed E-state index contributed by atoms with van der Waals surface area (Å²) in [4.78, 5) is 40.1. The van der Waals surface area contributed by atoms with Gasteiger partial charge in [-0.2, -0.15) is 13.2 Å². The van der Waals surface area contributed by atoms with Crippen LogP contribution in [0.4, 0.5) is 18.9 Å². The summed E-state index contributed by atoms with van der Waals surface area (Å²) in [5.74, 6) is -1.65. The molecule has 0 aromatic heterocycles. The monoisotopic (exact) mass is 515 g/mol. The van der Waals surface area contributed by atoms with Gasteiger partial charge in [0.25, 0.3) is 0 Å². The molecule has 0 radical (unpaired) electrons. The largest absolute Gasteiger partial charge is 0.500 e. The van der Waals surface area contributed by atoms with Gasteiger partial charge in [0, 0.05) is 44.6 Å². The Morgan fingerprint density at radius 2 is 1.91 bits per heavy atom. The molecule has 1 atom stereocenters. The molecular formula is C25H29ClF3NO5. The van der Waals surface area contributed by atoms with Crippen LogP contribution in [0.25, 0.3) is 0 Å². The molecule has 192 valence electrons. The molecule has 1 fully saturated rings. The van der Waals surface area contributed by atoms with Gasteiger partial charge in [0.15, 0.2) is 5.78 Å². The maximum atomic E-state index is 13.9. The van der Waals surface area contributed by atoms with E-state index in [9.17, 15) is 27.6 Å². The van der Waals surface area contributed by atoms with E-state index in [0.717, 1.165) is 17.0 Å². The second-order valence-electron chi connectivity index (χ2n) is 8.69. The fourth-order valence-corrected chi connectivity index (χ4v) is 4.93. The van der Waals surface area contributed by atoms with Crippen LogP contribution in [-0.4, -0.2) is 44.3 Å². The van der Waals surface area contributed by atoms with Crippen LogP contribution in [-0.2, 0) is 25.2 Å². The first kappa shape index (κ1) is 27.2. The molecule has 10 heteroatoms. The topological polar surface area (TPSA) is 72.9 Å². The van der Waals surface area contributed by atoms with Crippen LogP contribution in [0, 0.1) is 5.92 Å². The molecule has 6 nitrogen and oxygen atoms in total. The Bertz CT molecular complexity index is 1020. The maximum absolute atomic E-state index is 13.9. The maximum Gasteiger partial charge on any atom is 0.418 e. The van der Waals surface area contributed by atoms with Gasteiger partial charge in [-0.25, -0.2) is 0 Å². The van der Waals surface area contributed by atoms with Gasteiger partial charge < -0.3 is 14.4 Å². The van der Waals surface area contributed by atoms with Gasteiger partial charge in [0.2, 0.25) is 11.7 Å². The van der Waals surface area contributed by atoms with Crippen molar-refractivity contribution in [1.29, 1.82) is 0 Å². The van der Waals surface area contributed by atoms with Crippen molar-refractivity contribution in [2.75, 3.05) is 31.8 Å². The molecule has 2 aliphatic rings. The van der Waals surface area contributed by atoms with E-state index in [1.54, 1.807) is 0 Å². The van der Waals surface area contributed by atoms with Crippen LogP contribution < -0.4 is 4.90 Å². The van der Waals surface area contributed by atoms with E-state index < -0.39 is 39.9 Å². The Kier molecular flexibility index (Phi) is 8.99. The minimum absolute atomic E-state index is 0.0612. The first-order valence-electron chi connectivity index (χ1n) is 11.7. The minimum Gasteiger partial charge on any atom is -0.500 e. The molecule has 1 saturated heterocycles. The summed E-state index contributed by atoms with van der Waals surface area (Å²) >= 11 is 6.43. The number of rotatable bonds is 8. The number of amides is 1. The normalized spacial score (nSPS) is 19.7. The molecule has 1 unspecified atom stereocenters. The molecule has 1 aliphatic heterocycles. The van der Waals surface area contributed by atoms with Crippen molar-refractivity contribution < 1.29 is 37.0 Å². The standard InChI is InChI=1S/C25H29ClF3NO5/c1-3-35-12-10-15-13-18(31)21(19(14-15)34-2)24(33)16-8-9-17(25(27,28)29)23(22(16)26)30-11-6-4-5-7-20(30)32/h8-9,15H,3-7,10-14H2,1-2H3. The average Bonchev–Trinajstić information content (AvgIpc) is 3.01. The Labute approximate surface area is 207 Å². The highest BCUT2D eigenvalue weighted by atomic mass is 35.5. The summed E-state index contributed by atoms with van der Waals surface area (Å²) in [6, 6.07) is 1.71. The Morgan fingerprint density at radius 1 is 1.17 bits per heavy atom. The van der Waals surface area contributed by atoms with Crippen LogP contribution in [0.3, 0.4) is 0 Å². The predicted octanol–water partition coefficient (Wildman–Crippen LogP) is 5.75. The van der Waals surface area contributed by atoms with Gasteiger partial charge in [-0.3, -0.25) is 14.4 Å². The van der Waals surface area contributed by atoms with E-state index in [-0.39, 0.29) is 42.2 Å². The van der Waals surface area contributed by atoms with Crippen molar-refractivity contribution in [3.05, 3.63) is 39.6 Å². The van der Waals surface area contributed by atoms with Crippen molar-refractivity contribution >= 4 is 34.8 Å². The number of nitrogens with zero attached hydrogens (tertiary/aromatic N) is 1. The van der Waals surface area contributed by atoms with E-state index >= 15 is 0 Å². The van der Waals surface area contributed by atoms with Crippen molar-refractivity contribution in [2.45, 2.75) is 58.0 Å². The molecule has 1 amide bonds. The number of carbonyl (C=O) groups is 3. The van der Waals surface area contributed by atoms with Crippen LogP contribution in [0.1, 0.15) is 67.8 Å². The lowest BCUT2D eigenvalue weighted by Gasteiger charge is -2.28. The van der Waals surface area contributed by atoms with Gasteiger partial charge in [-0.15, -0.1) is 0 Å². The van der Waals surface area contributed by atoms with E-state index in [4.69, 9.17) is 21.1 Å². The van der Waals surface area contributed by atoms with Crippen molar-refractivity contribution in [3.63, 3.8) is 0 Å². The fourth-order valence-electron chi connectivity index (χ4n) is 4.58. The van der Waals surface area contributed by atoms with Gasteiger partial charge in [-0.1, -0.05) is 18.0 Å². The molecule has 0 spiro atoms. The van der Waals surface area contributed by atoms with E-state index in [1.165, 1.54) is 7.11 Å². The fraction of sp³-hybridized carbons (Fsp3) is 0.560. The number of Topliss-reactive ketones (excluding diaryl/α,β-unsaturated/α-hetero) is 2. The van der Waals surface area contributed by atoms with Gasteiger partial charge >= 0.3 is 6.18 Å². The highest BCUT2D eigenvalue weighted by Crippen LogP contribution is 2.44. The van der Waals surface area contributed by atoms with Crippen molar-refractivity contribution in [3.8, 4) is 0 Å². The lowest BCUT2D eigenvalue weighted by molar-refractivity contribution is -0.137. The number of carbonyl (C=O) groups excluding carboxylic acids is 3. The molecule has 1 aromatic rings. The SMILES string of the molecule is CCOCCC1CC(=O)C(C(=O)c2ccc(C(F)(F)F)c(N3CCCCCC3=O)c2Cl)=C(OC)C1. The Balaban J connectivity index is 2.05. The third-order valence-electron chi connectivity index (χ3n) is 6.36. The van der Waals surface area contributed by atoms with E-state index in [1.807, 2.05) is 6.92 Å². The molecule has 1 heterocycles. The zero-order valence-electron chi connectivity index (χ0n) is 19.8. The third-order valence-corrected chi connectivity index (χ3v) is 6.75. The third kappa shape index (κ3) is 6.06. The van der Waals surface area contributed by atoms with Gasteiger partial charge in [-0.05, 0) is 44.2 Å². The number of hydrogen-bond donors (Lipinski definition) is 0. The minimum atomic E-state index is -4.79. The zero-order valence-corrected chi connectivity index (χ0v) is 20.6. The van der Waals surface area contributed by atoms with Crippen LogP contribution in [0.15, 0.2) is 23.5 Å². The summed E-state index contributed by atoms with van der Waals surface area (Å²) in [6.45, 7) is 2.94. The number of ketones is 2. The lowest BCUT2D eigenvalue weighted by Crippen LogP contribution is -2.33. The van der Waals surface area contributed by atoms with Crippen molar-refractivity contribution in [2.24, 2.45) is 5.92 Å². The smallest absolute Gasteiger partial charge is 0.418 e. The van der Waals surface area contributed by atoms with Gasteiger partial charge in [0.05, 0.1) is 23.4 Å².